The van der Waals surface area contributed by atoms with E-state index in [2.05, 4.69) is 25.1 Å². The summed E-state index contributed by atoms with van der Waals surface area (Å²) in [6.07, 6.45) is 3.03. The fourth-order valence-electron chi connectivity index (χ4n) is 1.75. The zero-order chi connectivity index (χ0) is 14.9. The molecule has 108 valence electrons. The quantitative estimate of drug-likeness (QED) is 0.620. The minimum absolute atomic E-state index is 0.161. The molecule has 0 aliphatic carbocycles. The van der Waals surface area contributed by atoms with Crippen molar-refractivity contribution in [1.82, 2.24) is 25.1 Å². The molecule has 20 heavy (non-hydrogen) atoms. The van der Waals surface area contributed by atoms with Gasteiger partial charge in [0.2, 0.25) is 10.0 Å². The molecule has 0 fully saturated rings. The second kappa shape index (κ2) is 5.06. The fourth-order valence-corrected chi connectivity index (χ4v) is 3.31. The maximum atomic E-state index is 12.3. The first-order valence-electron chi connectivity index (χ1n) is 5.62. The average molecular weight is 299 g/mol. The smallest absolute Gasteiger partial charge is 0.357 e. The molecule has 1 atom stereocenters. The van der Waals surface area contributed by atoms with E-state index in [-0.39, 0.29) is 10.6 Å². The van der Waals surface area contributed by atoms with E-state index in [0.717, 1.165) is 0 Å². The number of sulfonamides is 1. The summed E-state index contributed by atoms with van der Waals surface area (Å²) in [6.45, 7) is 3.06. The lowest BCUT2D eigenvalue weighted by molar-refractivity contribution is 0.0686. The second-order valence-electron chi connectivity index (χ2n) is 4.21. The van der Waals surface area contributed by atoms with Crippen LogP contribution in [0.15, 0.2) is 17.3 Å². The first-order valence-corrected chi connectivity index (χ1v) is 7.10. The van der Waals surface area contributed by atoms with Crippen molar-refractivity contribution in [2.45, 2.75) is 24.8 Å². The molecule has 9 nitrogen and oxygen atoms in total. The predicted molar refractivity (Wildman–Crippen MR) is 67.6 cm³/mol. The number of nitrogens with one attached hydrogen (secondary N) is 3. The summed E-state index contributed by atoms with van der Waals surface area (Å²) in [5, 5.41) is 21.1. The second-order valence-corrected chi connectivity index (χ2v) is 5.86. The highest BCUT2D eigenvalue weighted by Crippen LogP contribution is 2.20. The standard InChI is InChI=1S/C10H13N5O4S/c1-5(7-3-11-12-4-7)15-20(18,19)9-6(2)13-14-8(9)10(16)17/h3-5,15H,1-2H3,(H,11,12)(H,13,14)(H,16,17). The summed E-state index contributed by atoms with van der Waals surface area (Å²) in [7, 11) is -4.01. The van der Waals surface area contributed by atoms with Gasteiger partial charge >= 0.3 is 5.97 Å². The number of aromatic nitrogens is 4. The van der Waals surface area contributed by atoms with Gasteiger partial charge in [-0.3, -0.25) is 10.2 Å². The van der Waals surface area contributed by atoms with Crippen LogP contribution in [0.2, 0.25) is 0 Å². The summed E-state index contributed by atoms with van der Waals surface area (Å²) in [5.41, 5.74) is 0.260. The van der Waals surface area contributed by atoms with Crippen LogP contribution in [0, 0.1) is 6.92 Å². The topological polar surface area (TPSA) is 141 Å². The molecule has 0 aliphatic heterocycles. The molecule has 0 aliphatic rings. The number of hydrogen-bond acceptors (Lipinski definition) is 5. The van der Waals surface area contributed by atoms with Crippen LogP contribution in [0.5, 0.6) is 0 Å². The van der Waals surface area contributed by atoms with Crippen molar-refractivity contribution in [2.24, 2.45) is 0 Å². The van der Waals surface area contributed by atoms with E-state index in [1.165, 1.54) is 13.1 Å². The van der Waals surface area contributed by atoms with E-state index in [0.29, 0.717) is 5.56 Å². The molecule has 0 aromatic carbocycles. The van der Waals surface area contributed by atoms with Crippen LogP contribution >= 0.6 is 0 Å². The molecule has 0 saturated heterocycles. The summed E-state index contributed by atoms with van der Waals surface area (Å²) >= 11 is 0. The van der Waals surface area contributed by atoms with Gasteiger partial charge in [0, 0.05) is 17.8 Å². The van der Waals surface area contributed by atoms with Crippen molar-refractivity contribution in [1.29, 1.82) is 0 Å². The van der Waals surface area contributed by atoms with Gasteiger partial charge in [0.25, 0.3) is 0 Å². The van der Waals surface area contributed by atoms with Gasteiger partial charge in [0.15, 0.2) is 5.69 Å². The van der Waals surface area contributed by atoms with E-state index in [1.54, 1.807) is 13.1 Å². The van der Waals surface area contributed by atoms with E-state index >= 15 is 0 Å². The number of hydrogen-bond donors (Lipinski definition) is 4. The summed E-state index contributed by atoms with van der Waals surface area (Å²) in [6, 6.07) is -0.560. The minimum atomic E-state index is -4.01. The zero-order valence-corrected chi connectivity index (χ0v) is 11.5. The van der Waals surface area contributed by atoms with Crippen LogP contribution < -0.4 is 4.72 Å². The van der Waals surface area contributed by atoms with Gasteiger partial charge in [-0.15, -0.1) is 0 Å². The SMILES string of the molecule is Cc1[nH]nc(C(=O)O)c1S(=O)(=O)NC(C)c1cn[nH]c1. The molecule has 2 aromatic rings. The van der Waals surface area contributed by atoms with E-state index in [4.69, 9.17) is 5.11 Å². The number of rotatable bonds is 5. The third-order valence-corrected chi connectivity index (χ3v) is 4.41. The lowest BCUT2D eigenvalue weighted by Crippen LogP contribution is -2.28. The van der Waals surface area contributed by atoms with Gasteiger partial charge < -0.3 is 5.11 Å². The third kappa shape index (κ3) is 2.56. The maximum absolute atomic E-state index is 12.3. The monoisotopic (exact) mass is 299 g/mol. The molecule has 2 heterocycles. The largest absolute Gasteiger partial charge is 0.476 e. The maximum Gasteiger partial charge on any atom is 0.357 e. The van der Waals surface area contributed by atoms with Gasteiger partial charge in [-0.1, -0.05) is 0 Å². The molecule has 1 unspecified atom stereocenters. The normalized spacial score (nSPS) is 13.3. The summed E-state index contributed by atoms with van der Waals surface area (Å²) < 4.78 is 26.9. The van der Waals surface area contributed by atoms with Crippen molar-refractivity contribution in [3.05, 3.63) is 29.3 Å². The molecule has 2 rings (SSSR count). The van der Waals surface area contributed by atoms with Crippen molar-refractivity contribution < 1.29 is 18.3 Å². The lowest BCUT2D eigenvalue weighted by atomic mass is 10.2. The van der Waals surface area contributed by atoms with Gasteiger partial charge in [-0.2, -0.15) is 10.2 Å². The van der Waals surface area contributed by atoms with Crippen molar-refractivity contribution in [3.63, 3.8) is 0 Å². The number of nitrogens with zero attached hydrogens (tertiary/aromatic N) is 2. The molecule has 10 heteroatoms. The molecule has 4 N–H and O–H groups in total. The number of aromatic carboxylic acids is 1. The Kier molecular flexibility index (Phi) is 3.59. The molecule has 2 aromatic heterocycles. The Labute approximate surface area is 114 Å². The number of carbonyl (C=O) groups is 1. The first-order chi connectivity index (χ1) is 9.33. The van der Waals surface area contributed by atoms with E-state index < -0.39 is 27.7 Å². The number of aromatic amines is 2. The fraction of sp³-hybridized carbons (Fsp3) is 0.300. The van der Waals surface area contributed by atoms with Crippen LogP contribution in [0.25, 0.3) is 0 Å². The van der Waals surface area contributed by atoms with Crippen LogP contribution in [-0.4, -0.2) is 39.9 Å². The highest BCUT2D eigenvalue weighted by Gasteiger charge is 2.29. The number of carboxylic acids is 1. The van der Waals surface area contributed by atoms with Crippen LogP contribution in [0.4, 0.5) is 0 Å². The van der Waals surface area contributed by atoms with E-state index in [1.807, 2.05) is 0 Å². The van der Waals surface area contributed by atoms with Crippen molar-refractivity contribution in [3.8, 4) is 0 Å². The Bertz CT molecular complexity index is 719. The van der Waals surface area contributed by atoms with Gasteiger partial charge in [-0.05, 0) is 13.8 Å². The van der Waals surface area contributed by atoms with Gasteiger partial charge in [0.05, 0.1) is 11.9 Å². The van der Waals surface area contributed by atoms with Crippen molar-refractivity contribution in [2.75, 3.05) is 0 Å². The highest BCUT2D eigenvalue weighted by atomic mass is 32.2. The van der Waals surface area contributed by atoms with Crippen LogP contribution in [-0.2, 0) is 10.0 Å². The Morgan fingerprint density at radius 2 is 2.20 bits per heavy atom. The molecule has 0 spiro atoms. The molecular weight excluding hydrogens is 286 g/mol. The zero-order valence-electron chi connectivity index (χ0n) is 10.7. The Hall–Kier alpha value is -2.20. The Balaban J connectivity index is 2.36. The number of carboxylic acid groups (broad SMARTS) is 1. The molecule has 0 amide bonds. The number of H-pyrrole nitrogens is 2. The lowest BCUT2D eigenvalue weighted by Gasteiger charge is -2.12. The molecule has 0 radical (unpaired) electrons. The van der Waals surface area contributed by atoms with Crippen LogP contribution in [0.3, 0.4) is 0 Å². The minimum Gasteiger partial charge on any atom is -0.476 e. The third-order valence-electron chi connectivity index (χ3n) is 2.71. The molecular formula is C10H13N5O4S. The highest BCUT2D eigenvalue weighted by molar-refractivity contribution is 7.89. The summed E-state index contributed by atoms with van der Waals surface area (Å²) in [4.78, 5) is 10.6. The first kappa shape index (κ1) is 14.2. The number of aryl methyl sites for hydroxylation is 1. The van der Waals surface area contributed by atoms with Crippen molar-refractivity contribution >= 4 is 16.0 Å². The van der Waals surface area contributed by atoms with E-state index in [9.17, 15) is 13.2 Å². The van der Waals surface area contributed by atoms with Crippen LogP contribution in [0.1, 0.15) is 34.7 Å². The summed E-state index contributed by atoms with van der Waals surface area (Å²) in [5.74, 6) is -1.41. The van der Waals surface area contributed by atoms with Gasteiger partial charge in [-0.25, -0.2) is 17.9 Å². The average Bonchev–Trinajstić information content (AvgIpc) is 2.96. The Morgan fingerprint density at radius 3 is 2.75 bits per heavy atom. The molecule has 0 bridgehead atoms. The Morgan fingerprint density at radius 1 is 1.50 bits per heavy atom. The molecule has 0 saturated carbocycles. The predicted octanol–water partition coefficient (Wildman–Crippen LogP) is 0.179. The van der Waals surface area contributed by atoms with Gasteiger partial charge in [0.1, 0.15) is 4.90 Å².